The molecule has 1 aromatic carbocycles. The fraction of sp³-hybridized carbons (Fsp3) is 0.542. The Balaban J connectivity index is 1.91. The first-order valence-electron chi connectivity index (χ1n) is 12.0. The standard InChI is InChI=1S/C24H26F3N3O9S/c1-29(2)12-5-6-13(39-40(37,38)24(25,26)27)15-10(12)7-9-8-11-17(30(3)4)19(32)16(22(28)35)21(34)23(11,36)20(33)14(9)18(15)31/h5-6,9,11,14,16-17,36H,7-8H2,1-4H3,(H2,28,35)/t9?,11?,14?,16?,17?,23-/m0/s1. The van der Waals surface area contributed by atoms with E-state index in [2.05, 4.69) is 4.18 Å². The summed E-state index contributed by atoms with van der Waals surface area (Å²) in [5.74, 6) is -13.6. The third-order valence-electron chi connectivity index (χ3n) is 7.87. The van der Waals surface area contributed by atoms with Crippen LogP contribution >= 0.6 is 0 Å². The van der Waals surface area contributed by atoms with Gasteiger partial charge < -0.3 is 19.9 Å². The molecule has 0 radical (unpaired) electrons. The molecule has 12 nitrogen and oxygen atoms in total. The Bertz CT molecular complexity index is 1460. The Morgan fingerprint density at radius 3 is 2.20 bits per heavy atom. The van der Waals surface area contributed by atoms with Gasteiger partial charge in [-0.3, -0.25) is 28.9 Å². The van der Waals surface area contributed by atoms with Gasteiger partial charge in [-0.25, -0.2) is 0 Å². The summed E-state index contributed by atoms with van der Waals surface area (Å²) in [5, 5.41) is 11.6. The van der Waals surface area contributed by atoms with Crippen LogP contribution in [0.25, 0.3) is 0 Å². The van der Waals surface area contributed by atoms with Crippen molar-refractivity contribution in [1.29, 1.82) is 0 Å². The van der Waals surface area contributed by atoms with E-state index < -0.39 is 91.3 Å². The third-order valence-corrected chi connectivity index (χ3v) is 8.83. The second kappa shape index (κ2) is 9.34. The molecule has 3 aliphatic carbocycles. The minimum absolute atomic E-state index is 0.0919. The zero-order valence-electron chi connectivity index (χ0n) is 21.7. The van der Waals surface area contributed by atoms with Gasteiger partial charge in [0.2, 0.25) is 5.91 Å². The topological polar surface area (TPSA) is 181 Å². The molecule has 1 amide bonds. The first kappa shape index (κ1) is 29.6. The van der Waals surface area contributed by atoms with Crippen molar-refractivity contribution < 1.29 is 54.9 Å². The molecule has 0 bridgehead atoms. The monoisotopic (exact) mass is 589 g/mol. The summed E-state index contributed by atoms with van der Waals surface area (Å²) < 4.78 is 67.2. The number of rotatable bonds is 5. The molecule has 5 unspecified atom stereocenters. The van der Waals surface area contributed by atoms with Gasteiger partial charge in [-0.1, -0.05) is 0 Å². The van der Waals surface area contributed by atoms with Gasteiger partial charge in [0.15, 0.2) is 40.4 Å². The van der Waals surface area contributed by atoms with Gasteiger partial charge in [0.25, 0.3) is 0 Å². The van der Waals surface area contributed by atoms with Crippen LogP contribution in [0.3, 0.4) is 0 Å². The van der Waals surface area contributed by atoms with Crippen molar-refractivity contribution in [2.24, 2.45) is 29.4 Å². The maximum atomic E-state index is 13.8. The average molecular weight is 590 g/mol. The zero-order valence-corrected chi connectivity index (χ0v) is 22.5. The molecule has 3 aliphatic rings. The maximum Gasteiger partial charge on any atom is 0.534 e. The number of carbonyl (C=O) groups is 5. The number of likely N-dealkylation sites (N-methyl/N-ethyl adjacent to an activating group) is 1. The summed E-state index contributed by atoms with van der Waals surface area (Å²) >= 11 is 0. The minimum atomic E-state index is -6.21. The van der Waals surface area contributed by atoms with Crippen LogP contribution in [0.15, 0.2) is 12.1 Å². The molecule has 0 heterocycles. The average Bonchev–Trinajstić information content (AvgIpc) is 2.79. The first-order valence-corrected chi connectivity index (χ1v) is 13.4. The van der Waals surface area contributed by atoms with Crippen LogP contribution in [-0.2, 0) is 35.7 Å². The van der Waals surface area contributed by atoms with Crippen LogP contribution < -0.4 is 14.8 Å². The van der Waals surface area contributed by atoms with Crippen molar-refractivity contribution in [3.8, 4) is 5.75 Å². The van der Waals surface area contributed by atoms with Gasteiger partial charge in [0.1, 0.15) is 0 Å². The molecule has 1 aromatic rings. The largest absolute Gasteiger partial charge is 0.534 e. The molecule has 16 heteroatoms. The van der Waals surface area contributed by atoms with Gasteiger partial charge in [0, 0.05) is 25.7 Å². The number of nitrogens with zero attached hydrogens (tertiary/aromatic N) is 2. The summed E-state index contributed by atoms with van der Waals surface area (Å²) in [6.07, 6.45) is -0.398. The molecular weight excluding hydrogens is 563 g/mol. The van der Waals surface area contributed by atoms with E-state index in [1.54, 1.807) is 14.1 Å². The molecular formula is C24H26F3N3O9S. The molecule has 0 aromatic heterocycles. The number of amides is 1. The van der Waals surface area contributed by atoms with E-state index in [1.165, 1.54) is 30.0 Å². The molecule has 3 N–H and O–H groups in total. The van der Waals surface area contributed by atoms with E-state index in [1.807, 2.05) is 0 Å². The van der Waals surface area contributed by atoms with Crippen molar-refractivity contribution in [2.45, 2.75) is 30.0 Å². The zero-order chi connectivity index (χ0) is 30.3. The fourth-order valence-electron chi connectivity index (χ4n) is 6.23. The van der Waals surface area contributed by atoms with Crippen LogP contribution in [0.2, 0.25) is 0 Å². The fourth-order valence-corrected chi connectivity index (χ4v) is 6.70. The summed E-state index contributed by atoms with van der Waals surface area (Å²) in [7, 11) is -0.216. The summed E-state index contributed by atoms with van der Waals surface area (Å²) in [6, 6.07) is 0.792. The summed E-state index contributed by atoms with van der Waals surface area (Å²) in [5.41, 5.74) is -3.76. The van der Waals surface area contributed by atoms with Crippen molar-refractivity contribution in [3.63, 3.8) is 0 Å². The molecule has 2 fully saturated rings. The Labute approximate surface area is 226 Å². The van der Waals surface area contributed by atoms with Crippen LogP contribution in [0.5, 0.6) is 5.75 Å². The van der Waals surface area contributed by atoms with Crippen LogP contribution in [0, 0.1) is 23.7 Å². The smallest absolute Gasteiger partial charge is 0.377 e. The van der Waals surface area contributed by atoms with Crippen molar-refractivity contribution in [2.75, 3.05) is 33.1 Å². The molecule has 40 heavy (non-hydrogen) atoms. The van der Waals surface area contributed by atoms with Gasteiger partial charge in [0.05, 0.1) is 17.5 Å². The number of hydrogen-bond acceptors (Lipinski definition) is 11. The van der Waals surface area contributed by atoms with Gasteiger partial charge >= 0.3 is 15.6 Å². The van der Waals surface area contributed by atoms with E-state index in [9.17, 15) is 50.7 Å². The number of alkyl halides is 3. The third kappa shape index (κ3) is 4.11. The van der Waals surface area contributed by atoms with Crippen LogP contribution in [-0.4, -0.2) is 92.8 Å². The number of hydrogen-bond donors (Lipinski definition) is 2. The van der Waals surface area contributed by atoms with Crippen molar-refractivity contribution in [3.05, 3.63) is 23.3 Å². The molecule has 4 rings (SSSR count). The predicted molar refractivity (Wildman–Crippen MR) is 130 cm³/mol. The molecule has 218 valence electrons. The molecule has 0 spiro atoms. The second-order valence-electron chi connectivity index (χ2n) is 10.6. The van der Waals surface area contributed by atoms with Crippen molar-refractivity contribution >= 4 is 44.8 Å². The number of carbonyl (C=O) groups excluding carboxylic acids is 5. The molecule has 6 atom stereocenters. The number of aliphatic hydroxyl groups is 1. The Morgan fingerprint density at radius 1 is 1.10 bits per heavy atom. The number of benzene rings is 1. The van der Waals surface area contributed by atoms with E-state index in [-0.39, 0.29) is 18.4 Å². The number of halogens is 3. The number of nitrogens with two attached hydrogens (primary N) is 1. The van der Waals surface area contributed by atoms with Gasteiger partial charge in [-0.15, -0.1) is 0 Å². The Kier molecular flexibility index (Phi) is 6.92. The quantitative estimate of drug-likeness (QED) is 0.256. The summed E-state index contributed by atoms with van der Waals surface area (Å²) in [6.45, 7) is 0. The molecule has 0 aliphatic heterocycles. The lowest BCUT2D eigenvalue weighted by atomic mass is 9.52. The Hall–Kier alpha value is -3.37. The summed E-state index contributed by atoms with van der Waals surface area (Å²) in [4.78, 5) is 69.0. The normalized spacial score (nSPS) is 30.5. The maximum absolute atomic E-state index is 13.8. The lowest BCUT2D eigenvalue weighted by Crippen LogP contribution is -2.74. The van der Waals surface area contributed by atoms with E-state index in [0.717, 1.165) is 6.07 Å². The number of primary amides is 1. The highest BCUT2D eigenvalue weighted by molar-refractivity contribution is 7.88. The molecule has 0 saturated heterocycles. The first-order chi connectivity index (χ1) is 18.3. The second-order valence-corrected chi connectivity index (χ2v) is 12.1. The van der Waals surface area contributed by atoms with E-state index in [0.29, 0.717) is 5.69 Å². The molecule has 2 saturated carbocycles. The van der Waals surface area contributed by atoms with E-state index >= 15 is 0 Å². The van der Waals surface area contributed by atoms with Gasteiger partial charge in [-0.2, -0.15) is 21.6 Å². The number of fused-ring (bicyclic) bond motifs is 3. The van der Waals surface area contributed by atoms with Crippen LogP contribution in [0.4, 0.5) is 18.9 Å². The number of Topliss-reactive ketones (excluding diaryl/α,β-unsaturated/α-hetero) is 4. The number of ketones is 4. The number of anilines is 1. The van der Waals surface area contributed by atoms with Crippen molar-refractivity contribution in [1.82, 2.24) is 4.90 Å². The lowest BCUT2D eigenvalue weighted by Gasteiger charge is -2.52. The lowest BCUT2D eigenvalue weighted by molar-refractivity contribution is -0.181. The van der Waals surface area contributed by atoms with Crippen LogP contribution in [0.1, 0.15) is 22.3 Å². The Morgan fingerprint density at radius 2 is 1.70 bits per heavy atom. The minimum Gasteiger partial charge on any atom is -0.377 e. The SMILES string of the molecule is CN(C)c1ccc(OS(=O)(=O)C(F)(F)F)c2c1CC1CC3C(N(C)C)C(=O)C(C(N)=O)C(=O)[C@@]3(O)C(=O)C1C2=O. The highest BCUT2D eigenvalue weighted by Crippen LogP contribution is 2.52. The van der Waals surface area contributed by atoms with E-state index in [4.69, 9.17) is 5.73 Å². The van der Waals surface area contributed by atoms with Gasteiger partial charge in [-0.05, 0) is 50.6 Å². The highest BCUT2D eigenvalue weighted by atomic mass is 32.2. The predicted octanol–water partition coefficient (Wildman–Crippen LogP) is -0.544. The highest BCUT2D eigenvalue weighted by Gasteiger charge is 2.69.